The van der Waals surface area contributed by atoms with Crippen molar-refractivity contribution in [2.24, 2.45) is 4.99 Å². The Bertz CT molecular complexity index is 1640. The second-order valence-electron chi connectivity index (χ2n) is 9.73. The number of likely N-dealkylation sites (N-methyl/N-ethyl adjacent to an activating group) is 1. The lowest BCUT2D eigenvalue weighted by molar-refractivity contribution is -0.139. The van der Waals surface area contributed by atoms with Crippen molar-refractivity contribution in [3.8, 4) is 17.2 Å². The fraction of sp³-hybridized carbons (Fsp3) is 0.414. The molecule has 2 aliphatic rings. The maximum atomic E-state index is 14.0. The normalized spacial score (nSPS) is 17.8. The average Bonchev–Trinajstić information content (AvgIpc) is 3.56. The van der Waals surface area contributed by atoms with Gasteiger partial charge in [-0.05, 0) is 44.7 Å². The number of allylic oxidation sites excluding steroid dienone is 1. The lowest BCUT2D eigenvalue weighted by Crippen LogP contribution is -2.44. The maximum absolute atomic E-state index is 14.0. The van der Waals surface area contributed by atoms with Crippen molar-refractivity contribution in [2.45, 2.75) is 19.9 Å². The topological polar surface area (TPSA) is 108 Å². The van der Waals surface area contributed by atoms with E-state index in [-0.39, 0.29) is 17.7 Å². The molecule has 1 atom stereocenters. The van der Waals surface area contributed by atoms with Crippen LogP contribution in [-0.2, 0) is 9.53 Å². The van der Waals surface area contributed by atoms with Crippen LogP contribution in [0.1, 0.15) is 31.2 Å². The first-order chi connectivity index (χ1) is 19.8. The Morgan fingerprint density at radius 1 is 1.10 bits per heavy atom. The van der Waals surface area contributed by atoms with Crippen molar-refractivity contribution in [1.29, 1.82) is 0 Å². The molecule has 11 nitrogen and oxygen atoms in total. The van der Waals surface area contributed by atoms with Crippen molar-refractivity contribution in [2.75, 3.05) is 66.1 Å². The number of piperazine rings is 1. The molecule has 0 amide bonds. The zero-order chi connectivity index (χ0) is 29.3. The number of furan rings is 1. The molecule has 41 heavy (non-hydrogen) atoms. The number of carbonyl (C=O) groups excluding carboxylic acids is 1. The number of carbonyl (C=O) groups is 1. The van der Waals surface area contributed by atoms with Gasteiger partial charge in [0.1, 0.15) is 5.76 Å². The van der Waals surface area contributed by atoms with Crippen molar-refractivity contribution >= 4 is 29.3 Å². The molecule has 4 heterocycles. The van der Waals surface area contributed by atoms with Gasteiger partial charge in [-0.1, -0.05) is 11.3 Å². The van der Waals surface area contributed by atoms with Crippen molar-refractivity contribution < 1.29 is 28.2 Å². The summed E-state index contributed by atoms with van der Waals surface area (Å²) in [5, 5.41) is 0. The second kappa shape index (κ2) is 11.8. The predicted octanol–water partition coefficient (Wildman–Crippen LogP) is 2.17. The SMILES string of the molecule is CCOC(=O)C1=C(C)N=c2sc(=Cc3ccc(N4CCN(C)CC4)o3)c(=O)n2C1c1cc(OC)c(OC)c(OC)c1. The van der Waals surface area contributed by atoms with E-state index < -0.39 is 12.0 Å². The Kier molecular flexibility index (Phi) is 8.22. The lowest BCUT2D eigenvalue weighted by Gasteiger charge is -2.32. The van der Waals surface area contributed by atoms with Crippen LogP contribution in [0, 0.1) is 0 Å². The molecule has 12 heteroatoms. The zero-order valence-electron chi connectivity index (χ0n) is 24.1. The van der Waals surface area contributed by atoms with E-state index >= 15 is 0 Å². The summed E-state index contributed by atoms with van der Waals surface area (Å²) in [5.41, 5.74) is 1.000. The largest absolute Gasteiger partial charge is 0.493 e. The third kappa shape index (κ3) is 5.36. The molecule has 5 rings (SSSR count). The molecule has 2 aromatic heterocycles. The molecule has 0 radical (unpaired) electrons. The average molecular weight is 583 g/mol. The van der Waals surface area contributed by atoms with Gasteiger partial charge in [0, 0.05) is 38.3 Å². The van der Waals surface area contributed by atoms with Crippen LogP contribution in [0.3, 0.4) is 0 Å². The molecule has 2 aliphatic heterocycles. The van der Waals surface area contributed by atoms with Crippen LogP contribution in [0.25, 0.3) is 6.08 Å². The van der Waals surface area contributed by atoms with Gasteiger partial charge in [-0.3, -0.25) is 9.36 Å². The van der Waals surface area contributed by atoms with E-state index in [1.807, 2.05) is 12.1 Å². The maximum Gasteiger partial charge on any atom is 0.338 e. The van der Waals surface area contributed by atoms with Crippen molar-refractivity contribution in [3.63, 3.8) is 0 Å². The van der Waals surface area contributed by atoms with Gasteiger partial charge >= 0.3 is 5.97 Å². The number of ether oxygens (including phenoxy) is 4. The van der Waals surface area contributed by atoms with E-state index in [0.29, 0.717) is 43.6 Å². The van der Waals surface area contributed by atoms with Gasteiger partial charge < -0.3 is 33.2 Å². The minimum absolute atomic E-state index is 0.177. The van der Waals surface area contributed by atoms with Crippen LogP contribution >= 0.6 is 11.3 Å². The number of rotatable bonds is 8. The molecule has 0 saturated carbocycles. The highest BCUT2D eigenvalue weighted by Crippen LogP contribution is 2.42. The Hall–Kier alpha value is -4.03. The van der Waals surface area contributed by atoms with E-state index in [1.165, 1.54) is 37.2 Å². The first-order valence-electron chi connectivity index (χ1n) is 13.3. The number of hydrogen-bond donors (Lipinski definition) is 0. The molecule has 0 N–H and O–H groups in total. The third-order valence-electron chi connectivity index (χ3n) is 7.22. The molecule has 1 unspecified atom stereocenters. The number of nitrogens with zero attached hydrogens (tertiary/aromatic N) is 4. The lowest BCUT2D eigenvalue weighted by atomic mass is 9.95. The van der Waals surface area contributed by atoms with Crippen LogP contribution in [0.5, 0.6) is 17.2 Å². The smallest absolute Gasteiger partial charge is 0.338 e. The summed E-state index contributed by atoms with van der Waals surface area (Å²) < 4.78 is 30.1. The molecule has 0 bridgehead atoms. The molecule has 0 spiro atoms. The molecular weight excluding hydrogens is 548 g/mol. The standard InChI is InChI=1S/C29H34N4O7S/c1-7-39-28(35)24-17(2)30-29-33(25(24)18-14-20(36-4)26(38-6)21(15-18)37-5)27(34)22(41-29)16-19-8-9-23(40-19)32-12-10-31(3)11-13-32/h8-9,14-16,25H,7,10-13H2,1-6H3. The minimum Gasteiger partial charge on any atom is -0.493 e. The van der Waals surface area contributed by atoms with Gasteiger partial charge in [0.05, 0.1) is 49.8 Å². The molecule has 3 aromatic rings. The van der Waals surface area contributed by atoms with Crippen LogP contribution in [0.2, 0.25) is 0 Å². The molecule has 1 saturated heterocycles. The van der Waals surface area contributed by atoms with Crippen LogP contribution in [-0.4, -0.2) is 76.6 Å². The number of benzene rings is 1. The second-order valence-corrected chi connectivity index (χ2v) is 10.7. The number of aromatic nitrogens is 1. The number of anilines is 1. The number of fused-ring (bicyclic) bond motifs is 1. The molecule has 0 aliphatic carbocycles. The summed E-state index contributed by atoms with van der Waals surface area (Å²) >= 11 is 1.23. The van der Waals surface area contributed by atoms with E-state index in [9.17, 15) is 9.59 Å². The summed E-state index contributed by atoms with van der Waals surface area (Å²) in [4.78, 5) is 36.8. The van der Waals surface area contributed by atoms with Crippen molar-refractivity contribution in [1.82, 2.24) is 9.47 Å². The highest BCUT2D eigenvalue weighted by molar-refractivity contribution is 7.07. The van der Waals surface area contributed by atoms with Gasteiger partial charge in [0.25, 0.3) is 5.56 Å². The molecule has 218 valence electrons. The van der Waals surface area contributed by atoms with Crippen LogP contribution in [0.4, 0.5) is 5.88 Å². The van der Waals surface area contributed by atoms with E-state index in [4.69, 9.17) is 23.4 Å². The molecule has 1 fully saturated rings. The van der Waals surface area contributed by atoms with Gasteiger partial charge in [0.2, 0.25) is 5.75 Å². The highest BCUT2D eigenvalue weighted by atomic mass is 32.1. The van der Waals surface area contributed by atoms with Gasteiger partial charge in [-0.15, -0.1) is 0 Å². The van der Waals surface area contributed by atoms with Crippen LogP contribution in [0.15, 0.2) is 49.7 Å². The Morgan fingerprint density at radius 3 is 2.39 bits per heavy atom. The van der Waals surface area contributed by atoms with Gasteiger partial charge in [-0.2, -0.15) is 0 Å². The summed E-state index contributed by atoms with van der Waals surface area (Å²) in [6.45, 7) is 7.30. The summed E-state index contributed by atoms with van der Waals surface area (Å²) in [6.07, 6.45) is 1.72. The molecule has 1 aromatic carbocycles. The number of hydrogen-bond acceptors (Lipinski definition) is 11. The quantitative estimate of drug-likeness (QED) is 0.369. The third-order valence-corrected chi connectivity index (χ3v) is 8.20. The Balaban J connectivity index is 1.64. The summed E-state index contributed by atoms with van der Waals surface area (Å²) in [6, 6.07) is 6.42. The monoisotopic (exact) mass is 582 g/mol. The molecular formula is C29H34N4O7S. The fourth-order valence-electron chi connectivity index (χ4n) is 5.11. The predicted molar refractivity (Wildman–Crippen MR) is 155 cm³/mol. The number of thiazole rings is 1. The highest BCUT2D eigenvalue weighted by Gasteiger charge is 2.34. The first kappa shape index (κ1) is 28.5. The zero-order valence-corrected chi connectivity index (χ0v) is 24.9. The van der Waals surface area contributed by atoms with Crippen molar-refractivity contribution in [3.05, 3.63) is 66.5 Å². The minimum atomic E-state index is -0.835. The summed E-state index contributed by atoms with van der Waals surface area (Å²) in [7, 11) is 6.64. The Morgan fingerprint density at radius 2 is 1.78 bits per heavy atom. The summed E-state index contributed by atoms with van der Waals surface area (Å²) in [5.74, 6) is 1.98. The fourth-order valence-corrected chi connectivity index (χ4v) is 6.14. The van der Waals surface area contributed by atoms with E-state index in [0.717, 1.165) is 32.1 Å². The van der Waals surface area contributed by atoms with Gasteiger partial charge in [0.15, 0.2) is 22.2 Å². The van der Waals surface area contributed by atoms with Crippen LogP contribution < -0.4 is 34.0 Å². The number of esters is 1. The Labute approximate surface area is 241 Å². The first-order valence-corrected chi connectivity index (χ1v) is 14.1. The van der Waals surface area contributed by atoms with E-state index in [2.05, 4.69) is 21.8 Å². The number of methoxy groups -OCH3 is 3. The van der Waals surface area contributed by atoms with E-state index in [1.54, 1.807) is 32.1 Å². The van der Waals surface area contributed by atoms with Gasteiger partial charge in [-0.25, -0.2) is 9.79 Å².